The van der Waals surface area contributed by atoms with Gasteiger partial charge in [0.25, 0.3) is 0 Å². The van der Waals surface area contributed by atoms with Gasteiger partial charge in [-0.25, -0.2) is 0 Å². The third kappa shape index (κ3) is 6.59. The van der Waals surface area contributed by atoms with Crippen molar-refractivity contribution < 1.29 is 0 Å². The van der Waals surface area contributed by atoms with Gasteiger partial charge < -0.3 is 18.9 Å². The average molecular weight is 797 g/mol. The monoisotopic (exact) mass is 796 g/mol. The molecule has 11 rings (SSSR count). The van der Waals surface area contributed by atoms with Crippen LogP contribution in [0.2, 0.25) is 0 Å². The number of para-hydroxylation sites is 5. The summed E-state index contributed by atoms with van der Waals surface area (Å²) in [7, 11) is 0. The van der Waals surface area contributed by atoms with Crippen molar-refractivity contribution in [2.75, 3.05) is 9.80 Å². The van der Waals surface area contributed by atoms with Gasteiger partial charge in [0.1, 0.15) is 0 Å². The number of hydrogen-bond donors (Lipinski definition) is 0. The predicted molar refractivity (Wildman–Crippen MR) is 259 cm³/mol. The number of rotatable bonds is 9. The lowest BCUT2D eigenvalue weighted by atomic mass is 10.0. The normalized spacial score (nSPS) is 11.3. The highest BCUT2D eigenvalue weighted by Crippen LogP contribution is 2.43. The van der Waals surface area contributed by atoms with Crippen LogP contribution < -0.4 is 15.2 Å². The Kier molecular flexibility index (Phi) is 9.25. The molecule has 62 heavy (non-hydrogen) atoms. The molecule has 11 aromatic rings. The Morgan fingerprint density at radius 2 is 0.790 bits per heavy atom. The first-order valence-electron chi connectivity index (χ1n) is 20.9. The highest BCUT2D eigenvalue weighted by Gasteiger charge is 2.20. The molecule has 0 fully saturated rings. The van der Waals surface area contributed by atoms with Crippen LogP contribution >= 0.6 is 0 Å². The van der Waals surface area contributed by atoms with E-state index in [4.69, 9.17) is 0 Å². The standard InChI is InChI=1S/C57H40N4O/c62-57-36-37-58(54-27-14-13-26-51(54)57)48-25-15-16-42(38-48)41-28-30-47(31-29-41)61-55-34-32-49(59(43-17-5-1-6-18-43)44-19-7-2-8-20-44)39-52(55)53-40-50(33-35-56(53)61)60(45-21-9-3-10-22-45)46-23-11-4-12-24-46/h1-40H. The van der Waals surface area contributed by atoms with E-state index in [-0.39, 0.29) is 5.43 Å². The van der Waals surface area contributed by atoms with E-state index in [2.05, 4.69) is 225 Å². The third-order valence-electron chi connectivity index (χ3n) is 11.7. The van der Waals surface area contributed by atoms with Crippen LogP contribution in [0.1, 0.15) is 0 Å². The van der Waals surface area contributed by atoms with Gasteiger partial charge in [-0.1, -0.05) is 109 Å². The first-order chi connectivity index (χ1) is 30.7. The van der Waals surface area contributed by atoms with Crippen molar-refractivity contribution in [3.8, 4) is 22.5 Å². The number of anilines is 6. The van der Waals surface area contributed by atoms with E-state index in [0.29, 0.717) is 5.39 Å². The van der Waals surface area contributed by atoms with Crippen LogP contribution in [-0.4, -0.2) is 9.13 Å². The Morgan fingerprint density at radius 3 is 1.31 bits per heavy atom. The quantitative estimate of drug-likeness (QED) is 0.146. The summed E-state index contributed by atoms with van der Waals surface area (Å²) in [6.45, 7) is 0. The molecule has 0 unspecified atom stereocenters. The SMILES string of the molecule is O=c1ccn(-c2cccc(-c3ccc(-n4c5ccc(N(c6ccccc6)c6ccccc6)cc5c5cc(N(c6ccccc6)c6ccccc6)ccc54)cc3)c2)c2ccccc12. The second-order valence-electron chi connectivity index (χ2n) is 15.4. The topological polar surface area (TPSA) is 33.4 Å². The fourth-order valence-corrected chi connectivity index (χ4v) is 8.83. The van der Waals surface area contributed by atoms with Crippen molar-refractivity contribution in [3.05, 3.63) is 253 Å². The molecule has 5 heteroatoms. The summed E-state index contributed by atoms with van der Waals surface area (Å²) < 4.78 is 4.47. The van der Waals surface area contributed by atoms with Crippen molar-refractivity contribution in [2.45, 2.75) is 0 Å². The van der Waals surface area contributed by atoms with Crippen molar-refractivity contribution in [2.24, 2.45) is 0 Å². The van der Waals surface area contributed by atoms with E-state index < -0.39 is 0 Å². The van der Waals surface area contributed by atoms with Crippen LogP contribution in [0.5, 0.6) is 0 Å². The third-order valence-corrected chi connectivity index (χ3v) is 11.7. The number of aromatic nitrogens is 2. The second kappa shape index (κ2) is 15.6. The van der Waals surface area contributed by atoms with Crippen LogP contribution in [0, 0.1) is 0 Å². The summed E-state index contributed by atoms with van der Waals surface area (Å²) in [4.78, 5) is 17.3. The van der Waals surface area contributed by atoms with Crippen LogP contribution in [0.15, 0.2) is 248 Å². The summed E-state index contributed by atoms with van der Waals surface area (Å²) in [6.07, 6.45) is 1.86. The van der Waals surface area contributed by atoms with Gasteiger partial charge in [0, 0.05) is 73.9 Å². The molecule has 0 aliphatic heterocycles. The van der Waals surface area contributed by atoms with Crippen LogP contribution in [-0.2, 0) is 0 Å². The van der Waals surface area contributed by atoms with Crippen molar-refractivity contribution >= 4 is 66.8 Å². The summed E-state index contributed by atoms with van der Waals surface area (Å²) >= 11 is 0. The minimum Gasteiger partial charge on any atom is -0.316 e. The molecule has 0 radical (unpaired) electrons. The van der Waals surface area contributed by atoms with Crippen molar-refractivity contribution in [1.82, 2.24) is 9.13 Å². The molecule has 0 spiro atoms. The zero-order valence-electron chi connectivity index (χ0n) is 33.8. The number of pyridine rings is 1. The van der Waals surface area contributed by atoms with Gasteiger partial charge in [-0.05, 0) is 132 Å². The largest absolute Gasteiger partial charge is 0.316 e. The first kappa shape index (κ1) is 36.7. The van der Waals surface area contributed by atoms with Gasteiger partial charge in [0.15, 0.2) is 5.43 Å². The van der Waals surface area contributed by atoms with E-state index in [1.54, 1.807) is 6.07 Å². The molecular weight excluding hydrogens is 757 g/mol. The molecule has 5 nitrogen and oxygen atoms in total. The van der Waals surface area contributed by atoms with Crippen LogP contribution in [0.3, 0.4) is 0 Å². The lowest BCUT2D eigenvalue weighted by molar-refractivity contribution is 1.10. The van der Waals surface area contributed by atoms with Crippen molar-refractivity contribution in [3.63, 3.8) is 0 Å². The fourth-order valence-electron chi connectivity index (χ4n) is 8.83. The lowest BCUT2D eigenvalue weighted by Crippen LogP contribution is -2.09. The minimum atomic E-state index is 0.0236. The summed E-state index contributed by atoms with van der Waals surface area (Å²) in [5, 5.41) is 3.01. The van der Waals surface area contributed by atoms with E-state index >= 15 is 0 Å². The van der Waals surface area contributed by atoms with Gasteiger partial charge in [-0.3, -0.25) is 4.79 Å². The minimum absolute atomic E-state index is 0.0236. The average Bonchev–Trinajstić information content (AvgIpc) is 3.66. The Bertz CT molecular complexity index is 3200. The highest BCUT2D eigenvalue weighted by atomic mass is 16.1. The zero-order chi connectivity index (χ0) is 41.4. The van der Waals surface area contributed by atoms with Gasteiger partial charge >= 0.3 is 0 Å². The number of nitrogens with zero attached hydrogens (tertiary/aromatic N) is 4. The molecule has 0 aliphatic rings. The van der Waals surface area contributed by atoms with E-state index in [1.165, 1.54) is 0 Å². The smallest absolute Gasteiger partial charge is 0.189 e. The molecule has 2 aromatic heterocycles. The zero-order valence-corrected chi connectivity index (χ0v) is 33.8. The Morgan fingerprint density at radius 1 is 0.306 bits per heavy atom. The number of hydrogen-bond acceptors (Lipinski definition) is 3. The van der Waals surface area contributed by atoms with E-state index in [9.17, 15) is 4.79 Å². The van der Waals surface area contributed by atoms with E-state index in [0.717, 1.165) is 83.9 Å². The predicted octanol–water partition coefficient (Wildman–Crippen LogP) is 14.7. The maximum Gasteiger partial charge on any atom is 0.189 e. The highest BCUT2D eigenvalue weighted by molar-refractivity contribution is 6.12. The molecule has 0 saturated carbocycles. The Balaban J connectivity index is 1.07. The second-order valence-corrected chi connectivity index (χ2v) is 15.4. The lowest BCUT2D eigenvalue weighted by Gasteiger charge is -2.26. The van der Waals surface area contributed by atoms with Crippen molar-refractivity contribution in [1.29, 1.82) is 0 Å². The fraction of sp³-hybridized carbons (Fsp3) is 0. The van der Waals surface area contributed by atoms with E-state index in [1.807, 2.05) is 30.5 Å². The van der Waals surface area contributed by atoms with Crippen LogP contribution in [0.4, 0.5) is 34.1 Å². The molecular formula is C57H40N4O. The maximum absolute atomic E-state index is 12.7. The molecule has 0 bridgehead atoms. The van der Waals surface area contributed by atoms with Gasteiger partial charge in [0.05, 0.1) is 16.6 Å². The van der Waals surface area contributed by atoms with Gasteiger partial charge in [-0.15, -0.1) is 0 Å². The Hall–Kier alpha value is -8.41. The Labute approximate surface area is 359 Å². The number of benzene rings is 9. The molecule has 0 saturated heterocycles. The summed E-state index contributed by atoms with van der Waals surface area (Å²) in [5.41, 5.74) is 13.9. The van der Waals surface area contributed by atoms with Gasteiger partial charge in [0.2, 0.25) is 0 Å². The maximum atomic E-state index is 12.7. The molecule has 0 N–H and O–H groups in total. The molecule has 9 aromatic carbocycles. The summed E-state index contributed by atoms with van der Waals surface area (Å²) in [6, 6.07) is 82.7. The summed E-state index contributed by atoms with van der Waals surface area (Å²) in [5.74, 6) is 0. The first-order valence-corrected chi connectivity index (χ1v) is 20.9. The van der Waals surface area contributed by atoms with Gasteiger partial charge in [-0.2, -0.15) is 0 Å². The van der Waals surface area contributed by atoms with Crippen LogP contribution in [0.25, 0.3) is 55.2 Å². The number of fused-ring (bicyclic) bond motifs is 4. The molecule has 2 heterocycles. The molecule has 294 valence electrons. The molecule has 0 aliphatic carbocycles. The molecule has 0 atom stereocenters. The molecule has 0 amide bonds.